The van der Waals surface area contributed by atoms with Crippen molar-refractivity contribution in [3.63, 3.8) is 0 Å². The number of ether oxygens (including phenoxy) is 2. The summed E-state index contributed by atoms with van der Waals surface area (Å²) in [5.74, 6) is 1.33. The van der Waals surface area contributed by atoms with Crippen molar-refractivity contribution in [2.75, 3.05) is 13.7 Å². The lowest BCUT2D eigenvalue weighted by atomic mass is 9.98. The highest BCUT2D eigenvalue weighted by atomic mass is 31.2. The first-order valence-electron chi connectivity index (χ1n) is 12.3. The number of phosphoric acid groups is 1. The Bertz CT molecular complexity index is 1390. The van der Waals surface area contributed by atoms with Crippen molar-refractivity contribution < 1.29 is 27.6 Å². The number of fused-ring (bicyclic) bond motifs is 3. The molecule has 0 saturated heterocycles. The highest BCUT2D eigenvalue weighted by Gasteiger charge is 2.37. The van der Waals surface area contributed by atoms with Crippen LogP contribution in [0.4, 0.5) is 0 Å². The summed E-state index contributed by atoms with van der Waals surface area (Å²) in [7, 11) is -2.41. The Balaban J connectivity index is 1.88. The highest BCUT2D eigenvalue weighted by Crippen LogP contribution is 2.55. The van der Waals surface area contributed by atoms with E-state index in [1.807, 2.05) is 25.1 Å². The van der Waals surface area contributed by atoms with E-state index in [9.17, 15) is 9.36 Å². The van der Waals surface area contributed by atoms with Gasteiger partial charge in [-0.2, -0.15) is 0 Å². The molecule has 0 amide bonds. The molecule has 0 N–H and O–H groups in total. The average molecular weight is 530 g/mol. The van der Waals surface area contributed by atoms with Gasteiger partial charge in [0.25, 0.3) is 0 Å². The molecule has 3 aromatic rings. The third-order valence-electron chi connectivity index (χ3n) is 5.72. The Morgan fingerprint density at radius 2 is 1.65 bits per heavy atom. The molecule has 9 heteroatoms. The summed E-state index contributed by atoms with van der Waals surface area (Å²) < 4.78 is 44.3. The number of benzene rings is 2. The number of rotatable bonds is 7. The van der Waals surface area contributed by atoms with Gasteiger partial charge in [-0.15, -0.1) is 0 Å². The maximum absolute atomic E-state index is 13.8. The lowest BCUT2D eigenvalue weighted by Crippen LogP contribution is -2.25. The quantitative estimate of drug-likeness (QED) is 0.318. The lowest BCUT2D eigenvalue weighted by molar-refractivity contribution is -0.00572. The van der Waals surface area contributed by atoms with Crippen molar-refractivity contribution in [1.82, 2.24) is 4.57 Å². The van der Waals surface area contributed by atoms with Crippen LogP contribution in [0, 0.1) is 6.92 Å². The topological polar surface area (TPSA) is 85.2 Å². The Morgan fingerprint density at radius 3 is 2.22 bits per heavy atom. The molecule has 8 nitrogen and oxygen atoms in total. The molecule has 0 spiro atoms. The summed E-state index contributed by atoms with van der Waals surface area (Å²) in [6.45, 7) is 13.0. The molecule has 1 aliphatic rings. The predicted molar refractivity (Wildman–Crippen MR) is 144 cm³/mol. The van der Waals surface area contributed by atoms with Crippen molar-refractivity contribution in [2.24, 2.45) is 0 Å². The van der Waals surface area contributed by atoms with E-state index in [0.717, 1.165) is 23.1 Å². The second kappa shape index (κ2) is 9.91. The number of aryl methyl sites for hydroxylation is 1. The van der Waals surface area contributed by atoms with E-state index in [2.05, 4.69) is 0 Å². The zero-order chi connectivity index (χ0) is 27.2. The Kier molecular flexibility index (Phi) is 7.34. The van der Waals surface area contributed by atoms with E-state index in [1.165, 1.54) is 0 Å². The maximum Gasteiger partial charge on any atom is 0.477 e. The zero-order valence-corrected chi connectivity index (χ0v) is 23.7. The minimum atomic E-state index is -4.00. The van der Waals surface area contributed by atoms with Crippen molar-refractivity contribution in [2.45, 2.75) is 72.8 Å². The lowest BCUT2D eigenvalue weighted by Gasteiger charge is -2.31. The molecular formula is C28H36NO7P. The molecule has 2 heterocycles. The second-order valence-electron chi connectivity index (χ2n) is 11.2. The van der Waals surface area contributed by atoms with Crippen LogP contribution in [-0.4, -0.2) is 29.5 Å². The number of aromatic nitrogens is 1. The molecule has 4 rings (SSSR count). The monoisotopic (exact) mass is 529 g/mol. The molecule has 0 unspecified atom stereocenters. The van der Waals surface area contributed by atoms with Gasteiger partial charge in [0.05, 0.1) is 35.8 Å². The van der Waals surface area contributed by atoms with Crippen LogP contribution in [0.15, 0.2) is 41.3 Å². The molecule has 0 saturated carbocycles. The van der Waals surface area contributed by atoms with Gasteiger partial charge in [0.15, 0.2) is 5.43 Å². The van der Waals surface area contributed by atoms with Crippen molar-refractivity contribution in [3.8, 4) is 22.6 Å². The van der Waals surface area contributed by atoms with Crippen LogP contribution in [0.2, 0.25) is 0 Å². The molecule has 0 atom stereocenters. The first-order chi connectivity index (χ1) is 17.2. The number of phosphoric ester groups is 1. The zero-order valence-electron chi connectivity index (χ0n) is 22.8. The third kappa shape index (κ3) is 6.10. The normalized spacial score (nSPS) is 14.1. The largest absolute Gasteiger partial charge is 0.497 e. The van der Waals surface area contributed by atoms with Crippen LogP contribution in [0.5, 0.6) is 11.5 Å². The number of nitrogens with zero attached hydrogens (tertiary/aromatic N) is 1. The standard InChI is InChI=1S/C28H36NO7P/c1-18-15-20-13-14-33-26(20)24-23(18)25(30)22(19-9-11-21(32-8)12-10-19)16-29(24)17-34-37(31,35-27(2,3)4)36-28(5,6)7/h9-12,15-16H,13-14,17H2,1-8H3. The average Bonchev–Trinajstić information content (AvgIpc) is 3.24. The molecule has 0 radical (unpaired) electrons. The predicted octanol–water partition coefficient (Wildman–Crippen LogP) is 6.63. The summed E-state index contributed by atoms with van der Waals surface area (Å²) in [5, 5.41) is 0.529. The van der Waals surface area contributed by atoms with Crippen LogP contribution in [0.3, 0.4) is 0 Å². The Morgan fingerprint density at radius 1 is 1.03 bits per heavy atom. The van der Waals surface area contributed by atoms with Crippen LogP contribution < -0.4 is 14.9 Å². The van der Waals surface area contributed by atoms with Gasteiger partial charge in [0.2, 0.25) is 0 Å². The van der Waals surface area contributed by atoms with Gasteiger partial charge < -0.3 is 14.0 Å². The van der Waals surface area contributed by atoms with Crippen LogP contribution in [-0.2, 0) is 31.3 Å². The fourth-order valence-corrected chi connectivity index (χ4v) is 6.14. The first kappa shape index (κ1) is 27.4. The number of pyridine rings is 1. The molecule has 200 valence electrons. The summed E-state index contributed by atoms with van der Waals surface area (Å²) in [4.78, 5) is 13.8. The van der Waals surface area contributed by atoms with Gasteiger partial charge in [0, 0.05) is 18.2 Å². The van der Waals surface area contributed by atoms with E-state index < -0.39 is 19.0 Å². The van der Waals surface area contributed by atoms with Crippen LogP contribution >= 0.6 is 7.82 Å². The summed E-state index contributed by atoms with van der Waals surface area (Å²) in [5.41, 5.74) is 2.00. The van der Waals surface area contributed by atoms with Gasteiger partial charge in [-0.25, -0.2) is 4.57 Å². The molecule has 0 bridgehead atoms. The maximum atomic E-state index is 13.8. The van der Waals surface area contributed by atoms with Crippen molar-refractivity contribution in [1.29, 1.82) is 0 Å². The van der Waals surface area contributed by atoms with E-state index >= 15 is 0 Å². The first-order valence-corrected chi connectivity index (χ1v) is 13.8. The summed E-state index contributed by atoms with van der Waals surface area (Å²) in [6.07, 6.45) is 2.46. The molecular weight excluding hydrogens is 493 g/mol. The van der Waals surface area contributed by atoms with Gasteiger partial charge in [-0.3, -0.25) is 18.4 Å². The molecule has 1 aliphatic heterocycles. The molecule has 2 aromatic carbocycles. The van der Waals surface area contributed by atoms with Gasteiger partial charge >= 0.3 is 7.82 Å². The number of methoxy groups -OCH3 is 1. The Labute approximate surface area is 218 Å². The van der Waals surface area contributed by atoms with Gasteiger partial charge in [-0.05, 0) is 77.3 Å². The molecule has 37 heavy (non-hydrogen) atoms. The van der Waals surface area contributed by atoms with E-state index in [0.29, 0.717) is 34.6 Å². The fourth-order valence-electron chi connectivity index (χ4n) is 4.39. The van der Waals surface area contributed by atoms with E-state index in [-0.39, 0.29) is 12.2 Å². The fraction of sp³-hybridized carbons (Fsp3) is 0.464. The molecule has 0 aliphatic carbocycles. The molecule has 1 aromatic heterocycles. The van der Waals surface area contributed by atoms with Crippen LogP contribution in [0.25, 0.3) is 22.0 Å². The SMILES string of the molecule is COc1ccc(-c2cn(COP(=O)(OC(C)(C)C)OC(C)(C)C)c3c4c(cc(C)c3c2=O)CCO4)cc1. The number of hydrogen-bond donors (Lipinski definition) is 0. The smallest absolute Gasteiger partial charge is 0.477 e. The van der Waals surface area contributed by atoms with Gasteiger partial charge in [0.1, 0.15) is 18.2 Å². The summed E-state index contributed by atoms with van der Waals surface area (Å²) >= 11 is 0. The Hall–Kier alpha value is -2.64. The van der Waals surface area contributed by atoms with E-state index in [4.69, 9.17) is 23.0 Å². The van der Waals surface area contributed by atoms with Crippen molar-refractivity contribution >= 4 is 18.7 Å². The molecule has 0 fully saturated rings. The second-order valence-corrected chi connectivity index (χ2v) is 12.7. The van der Waals surface area contributed by atoms with Gasteiger partial charge in [-0.1, -0.05) is 18.2 Å². The minimum Gasteiger partial charge on any atom is -0.497 e. The number of hydrogen-bond acceptors (Lipinski definition) is 7. The third-order valence-corrected chi connectivity index (χ3v) is 7.69. The van der Waals surface area contributed by atoms with Crippen molar-refractivity contribution in [3.05, 3.63) is 57.9 Å². The van der Waals surface area contributed by atoms with Crippen LogP contribution in [0.1, 0.15) is 52.7 Å². The summed E-state index contributed by atoms with van der Waals surface area (Å²) in [6, 6.07) is 9.29. The highest BCUT2D eigenvalue weighted by molar-refractivity contribution is 7.48. The van der Waals surface area contributed by atoms with E-state index in [1.54, 1.807) is 71.5 Å². The minimum absolute atomic E-state index is 0.118.